The minimum atomic E-state index is -3.89. The highest BCUT2D eigenvalue weighted by Gasteiger charge is 2.36. The van der Waals surface area contributed by atoms with E-state index in [4.69, 9.17) is 14.4 Å². The molecule has 2 atom stereocenters. The largest absolute Gasteiger partial charge is 0.469 e. The van der Waals surface area contributed by atoms with Gasteiger partial charge in [0.15, 0.2) is 5.88 Å². The molecule has 3 aromatic heterocycles. The van der Waals surface area contributed by atoms with E-state index >= 15 is 0 Å². The van der Waals surface area contributed by atoms with E-state index in [2.05, 4.69) is 15.3 Å². The summed E-state index contributed by atoms with van der Waals surface area (Å²) in [5.74, 6) is -1.17. The molecule has 10 nitrogen and oxygen atoms in total. The molecule has 2 N–H and O–H groups in total. The van der Waals surface area contributed by atoms with Crippen LogP contribution < -0.4 is 9.84 Å². The van der Waals surface area contributed by atoms with Gasteiger partial charge in [-0.25, -0.2) is 0 Å². The molecule has 1 amide bonds. The predicted octanol–water partition coefficient (Wildman–Crippen LogP) is 6.37. The highest BCUT2D eigenvalue weighted by Crippen LogP contribution is 2.52. The van der Waals surface area contributed by atoms with Gasteiger partial charge in [0.2, 0.25) is 0 Å². The zero-order chi connectivity index (χ0) is 30.4. The maximum atomic E-state index is 14.8. The third-order valence-electron chi connectivity index (χ3n) is 6.56. The van der Waals surface area contributed by atoms with Crippen LogP contribution in [-0.2, 0) is 14.1 Å². The summed E-state index contributed by atoms with van der Waals surface area (Å²) < 4.78 is 27.2. The average molecular weight is 616 g/mol. The molecule has 220 valence electrons. The molecular formula is C31H30N5O5PS. The number of carbonyl (C=O) groups is 2. The van der Waals surface area contributed by atoms with E-state index in [0.717, 1.165) is 20.9 Å². The fraction of sp³-hybridized carbons (Fsp3) is 0.161. The van der Waals surface area contributed by atoms with Gasteiger partial charge in [-0.15, -0.1) is 0 Å². The van der Waals surface area contributed by atoms with E-state index in [1.165, 1.54) is 23.3 Å². The highest BCUT2D eigenvalue weighted by molar-refractivity contribution is 7.99. The fourth-order valence-corrected chi connectivity index (χ4v) is 7.74. The van der Waals surface area contributed by atoms with Gasteiger partial charge < -0.3 is 19.6 Å². The Morgan fingerprint density at radius 1 is 1.09 bits per heavy atom. The van der Waals surface area contributed by atoms with Gasteiger partial charge >= 0.3 is 13.5 Å². The minimum absolute atomic E-state index is 0.157. The Morgan fingerprint density at radius 3 is 2.63 bits per heavy atom. The minimum Gasteiger partial charge on any atom is -0.469 e. The van der Waals surface area contributed by atoms with Crippen LogP contribution in [-0.4, -0.2) is 51.7 Å². The van der Waals surface area contributed by atoms with Gasteiger partial charge in [-0.05, 0) is 60.7 Å². The Labute approximate surface area is 253 Å². The number of nitrogens with one attached hydrogen (secondary N) is 2. The van der Waals surface area contributed by atoms with Gasteiger partial charge in [-0.2, -0.15) is 9.55 Å². The van der Waals surface area contributed by atoms with Gasteiger partial charge in [0.1, 0.15) is 0 Å². The smallest absolute Gasteiger partial charge is 0.365 e. The zero-order valence-electron chi connectivity index (χ0n) is 23.8. The van der Waals surface area contributed by atoms with E-state index in [1.54, 1.807) is 50.6 Å². The number of hydrogen-bond donors (Lipinski definition) is 2. The summed E-state index contributed by atoms with van der Waals surface area (Å²) in [6.07, 6.45) is 6.82. The Balaban J connectivity index is 1.65. The van der Waals surface area contributed by atoms with Crippen molar-refractivity contribution < 1.29 is 23.4 Å². The normalized spacial score (nSPS) is 13.5. The second-order valence-electron chi connectivity index (χ2n) is 9.59. The van der Waals surface area contributed by atoms with Crippen LogP contribution in [0.2, 0.25) is 0 Å². The second kappa shape index (κ2) is 13.1. The lowest BCUT2D eigenvalue weighted by molar-refractivity contribution is -0.144. The van der Waals surface area contributed by atoms with Crippen LogP contribution in [0.3, 0.4) is 0 Å². The maximum absolute atomic E-state index is 14.8. The number of rotatable bonds is 11. The summed E-state index contributed by atoms with van der Waals surface area (Å²) in [5.41, 5.74) is 2.35. The first kappa shape index (κ1) is 29.9. The molecule has 2 aromatic carbocycles. The SMILES string of the molecule is CNC(=O)c1ccccc1Sc1ccc2c(/C=C/c3ccccn3)nn(P(=O)(C[C@@H](C)C(=O)OC)Oc3ccc[nH]3)c2c1. The first-order valence-electron chi connectivity index (χ1n) is 13.4. The summed E-state index contributed by atoms with van der Waals surface area (Å²) in [5, 5.41) is 8.17. The van der Waals surface area contributed by atoms with Crippen molar-refractivity contribution in [1.82, 2.24) is 24.8 Å². The second-order valence-corrected chi connectivity index (χ2v) is 12.9. The van der Waals surface area contributed by atoms with Crippen molar-refractivity contribution in [1.29, 1.82) is 0 Å². The average Bonchev–Trinajstić information content (AvgIpc) is 3.67. The lowest BCUT2D eigenvalue weighted by Crippen LogP contribution is -2.21. The molecule has 5 aromatic rings. The number of nitrogens with zero attached hydrogens (tertiary/aromatic N) is 3. The molecule has 0 fully saturated rings. The van der Waals surface area contributed by atoms with E-state index in [9.17, 15) is 14.2 Å². The third-order valence-corrected chi connectivity index (χ3v) is 10.00. The molecule has 3 heterocycles. The number of benzene rings is 2. The van der Waals surface area contributed by atoms with E-state index in [-0.39, 0.29) is 17.9 Å². The lowest BCUT2D eigenvalue weighted by atomic mass is 10.2. The molecule has 5 rings (SSSR count). The van der Waals surface area contributed by atoms with Gasteiger partial charge in [-0.1, -0.05) is 36.9 Å². The third kappa shape index (κ3) is 6.74. The highest BCUT2D eigenvalue weighted by atomic mass is 32.2. The van der Waals surface area contributed by atoms with Crippen molar-refractivity contribution in [2.45, 2.75) is 16.7 Å². The molecule has 0 spiro atoms. The zero-order valence-corrected chi connectivity index (χ0v) is 25.5. The molecule has 0 saturated carbocycles. The molecule has 12 heteroatoms. The summed E-state index contributed by atoms with van der Waals surface area (Å²) in [7, 11) is -1.01. The number of carbonyl (C=O) groups excluding carboxylic acids is 2. The molecular weight excluding hydrogens is 585 g/mol. The molecule has 0 aliphatic heterocycles. The van der Waals surface area contributed by atoms with Crippen LogP contribution >= 0.6 is 19.3 Å². The number of ether oxygens (including phenoxy) is 1. The van der Waals surface area contributed by atoms with Gasteiger partial charge in [0.25, 0.3) is 5.91 Å². The first-order valence-corrected chi connectivity index (χ1v) is 16.0. The number of esters is 1. The number of hydrogen-bond acceptors (Lipinski definition) is 8. The number of amides is 1. The Hall–Kier alpha value is -4.60. The fourth-order valence-electron chi connectivity index (χ4n) is 4.47. The number of fused-ring (bicyclic) bond motifs is 1. The standard InChI is InChI=1S/C31H30N5O5PS/c1-21(31(38)40-3)20-42(39,41-29-12-8-18-34-29)36-27-19-23(43-28-11-5-4-10-25(28)30(37)32-2)14-15-24(27)26(35-36)16-13-22-9-6-7-17-33-22/h4-19,21,34H,20H2,1-3H3,(H,32,37)/b16-13+/t21-,42?/m1/s1. The Kier molecular flexibility index (Phi) is 9.13. The van der Waals surface area contributed by atoms with Crippen LogP contribution in [0, 0.1) is 5.92 Å². The summed E-state index contributed by atoms with van der Waals surface area (Å²) >= 11 is 1.40. The topological polar surface area (TPSA) is 128 Å². The van der Waals surface area contributed by atoms with Crippen LogP contribution in [0.4, 0.5) is 0 Å². The maximum Gasteiger partial charge on any atom is 0.365 e. The van der Waals surface area contributed by atoms with Crippen LogP contribution in [0.1, 0.15) is 28.7 Å². The number of aromatic amines is 1. The Morgan fingerprint density at radius 2 is 1.91 bits per heavy atom. The Bertz CT molecular complexity index is 1820. The summed E-state index contributed by atoms with van der Waals surface area (Å²) in [6, 6.07) is 21.9. The van der Waals surface area contributed by atoms with Crippen molar-refractivity contribution >= 4 is 54.2 Å². The van der Waals surface area contributed by atoms with Crippen LogP contribution in [0.25, 0.3) is 23.1 Å². The first-order chi connectivity index (χ1) is 20.8. The van der Waals surface area contributed by atoms with E-state index in [1.807, 2.05) is 60.7 Å². The van der Waals surface area contributed by atoms with Gasteiger partial charge in [-0.3, -0.25) is 19.1 Å². The van der Waals surface area contributed by atoms with Crippen molar-refractivity contribution in [2.24, 2.45) is 5.92 Å². The molecule has 0 aliphatic carbocycles. The summed E-state index contributed by atoms with van der Waals surface area (Å²) in [4.78, 5) is 33.8. The number of methoxy groups -OCH3 is 1. The molecule has 0 aliphatic rings. The summed E-state index contributed by atoms with van der Waals surface area (Å²) in [6.45, 7) is 1.64. The molecule has 0 bridgehead atoms. The van der Waals surface area contributed by atoms with Crippen molar-refractivity contribution in [2.75, 3.05) is 20.3 Å². The molecule has 43 heavy (non-hydrogen) atoms. The van der Waals surface area contributed by atoms with Crippen molar-refractivity contribution in [3.05, 3.63) is 102 Å². The molecule has 0 radical (unpaired) electrons. The number of aromatic nitrogens is 4. The van der Waals surface area contributed by atoms with Crippen LogP contribution in [0.15, 0.2) is 95.0 Å². The van der Waals surface area contributed by atoms with E-state index in [0.29, 0.717) is 16.8 Å². The number of pyridine rings is 1. The van der Waals surface area contributed by atoms with Gasteiger partial charge in [0.05, 0.1) is 41.7 Å². The molecule has 1 unspecified atom stereocenters. The van der Waals surface area contributed by atoms with Gasteiger partial charge in [0, 0.05) is 40.7 Å². The van der Waals surface area contributed by atoms with Crippen LogP contribution in [0.5, 0.6) is 5.88 Å². The van der Waals surface area contributed by atoms with Crippen molar-refractivity contribution in [3.63, 3.8) is 0 Å². The quantitative estimate of drug-likeness (QED) is 0.130. The number of H-pyrrole nitrogens is 1. The predicted molar refractivity (Wildman–Crippen MR) is 167 cm³/mol. The monoisotopic (exact) mass is 615 g/mol. The molecule has 0 saturated heterocycles. The lowest BCUT2D eigenvalue weighted by Gasteiger charge is -2.22. The van der Waals surface area contributed by atoms with Crippen molar-refractivity contribution in [3.8, 4) is 5.88 Å². The van der Waals surface area contributed by atoms with E-state index < -0.39 is 19.4 Å².